The number of amides is 1. The molecule has 1 aliphatic heterocycles. The van der Waals surface area contributed by atoms with E-state index in [1.165, 1.54) is 12.3 Å². The van der Waals surface area contributed by atoms with Crippen molar-refractivity contribution in [1.29, 1.82) is 0 Å². The van der Waals surface area contributed by atoms with Gasteiger partial charge >= 0.3 is 6.18 Å². The number of fused-ring (bicyclic) bond motifs is 1. The minimum Gasteiger partial charge on any atom is -0.463 e. The molecule has 154 valence electrons. The van der Waals surface area contributed by atoms with Crippen molar-refractivity contribution < 1.29 is 22.4 Å². The van der Waals surface area contributed by atoms with Gasteiger partial charge in [0.15, 0.2) is 17.1 Å². The van der Waals surface area contributed by atoms with E-state index >= 15 is 0 Å². The number of furan rings is 1. The van der Waals surface area contributed by atoms with Crippen molar-refractivity contribution in [3.63, 3.8) is 0 Å². The molecule has 0 unspecified atom stereocenters. The Kier molecular flexibility index (Phi) is 5.11. The average molecular weight is 472 g/mol. The topological polar surface area (TPSA) is 66.9 Å². The lowest BCUT2D eigenvalue weighted by molar-refractivity contribution is -0.142. The van der Waals surface area contributed by atoms with Gasteiger partial charge < -0.3 is 14.2 Å². The highest BCUT2D eigenvalue weighted by Gasteiger charge is 2.36. The lowest BCUT2D eigenvalue weighted by Crippen LogP contribution is -2.47. The van der Waals surface area contributed by atoms with Gasteiger partial charge in [0, 0.05) is 26.2 Å². The number of rotatable bonds is 3. The molecule has 4 heterocycles. The van der Waals surface area contributed by atoms with Crippen LogP contribution >= 0.6 is 15.9 Å². The number of aromatic nitrogens is 3. The third-order valence-electron chi connectivity index (χ3n) is 4.84. The van der Waals surface area contributed by atoms with E-state index in [1.807, 2.05) is 7.05 Å². The first-order valence-corrected chi connectivity index (χ1v) is 9.69. The molecule has 0 aliphatic carbocycles. The minimum atomic E-state index is -4.66. The predicted octanol–water partition coefficient (Wildman–Crippen LogP) is 3.09. The molecule has 1 saturated heterocycles. The first-order chi connectivity index (χ1) is 13.7. The Labute approximate surface area is 172 Å². The summed E-state index contributed by atoms with van der Waals surface area (Å²) in [5.41, 5.74) is -0.767. The molecule has 1 fully saturated rings. The second-order valence-electron chi connectivity index (χ2n) is 6.86. The van der Waals surface area contributed by atoms with Crippen LogP contribution in [0.4, 0.5) is 13.2 Å². The lowest BCUT2D eigenvalue weighted by Gasteiger charge is -2.32. The zero-order valence-electron chi connectivity index (χ0n) is 15.4. The molecule has 0 saturated carbocycles. The summed E-state index contributed by atoms with van der Waals surface area (Å²) in [6.45, 7) is 2.67. The molecule has 29 heavy (non-hydrogen) atoms. The number of hydrogen-bond acceptors (Lipinski definition) is 5. The summed E-state index contributed by atoms with van der Waals surface area (Å²) in [6, 6.07) is 3.98. The highest BCUT2D eigenvalue weighted by molar-refractivity contribution is 9.10. The quantitative estimate of drug-likeness (QED) is 0.587. The molecule has 1 aliphatic rings. The highest BCUT2D eigenvalue weighted by Crippen LogP contribution is 2.34. The molecule has 0 aromatic carbocycles. The summed E-state index contributed by atoms with van der Waals surface area (Å²) in [4.78, 5) is 20.7. The van der Waals surface area contributed by atoms with Gasteiger partial charge in [0.05, 0.1) is 22.9 Å². The Morgan fingerprint density at radius 3 is 2.62 bits per heavy atom. The number of halogens is 4. The molecule has 7 nitrogen and oxygen atoms in total. The number of hydrogen-bond donors (Lipinski definition) is 0. The Bertz CT molecular complexity index is 1040. The van der Waals surface area contributed by atoms with E-state index in [0.29, 0.717) is 13.1 Å². The Morgan fingerprint density at radius 1 is 1.28 bits per heavy atom. The second kappa shape index (κ2) is 7.45. The van der Waals surface area contributed by atoms with Crippen LogP contribution < -0.4 is 0 Å². The van der Waals surface area contributed by atoms with E-state index in [-0.39, 0.29) is 39.6 Å². The van der Waals surface area contributed by atoms with Crippen LogP contribution in [0.5, 0.6) is 0 Å². The van der Waals surface area contributed by atoms with Crippen LogP contribution in [0, 0.1) is 0 Å². The third kappa shape index (κ3) is 3.88. The number of carbonyl (C=O) groups is 1. The molecular weight excluding hydrogens is 455 g/mol. The van der Waals surface area contributed by atoms with Gasteiger partial charge in [0.25, 0.3) is 0 Å². The Morgan fingerprint density at radius 2 is 2.00 bits per heavy atom. The fourth-order valence-corrected chi connectivity index (χ4v) is 3.69. The fourth-order valence-electron chi connectivity index (χ4n) is 3.21. The normalized spacial score (nSPS) is 16.0. The SMILES string of the molecule is CN1CCN(C(=O)Cc2nn3c(C(F)(F)F)cc(-c4ccco4)nc3c2Br)CC1. The smallest absolute Gasteiger partial charge is 0.433 e. The number of alkyl halides is 3. The van der Waals surface area contributed by atoms with Crippen LogP contribution in [0.25, 0.3) is 17.1 Å². The maximum absolute atomic E-state index is 13.7. The van der Waals surface area contributed by atoms with Gasteiger partial charge in [-0.2, -0.15) is 18.3 Å². The van der Waals surface area contributed by atoms with Gasteiger partial charge in [-0.3, -0.25) is 4.79 Å². The molecular formula is C18H17BrF3N5O2. The first kappa shape index (κ1) is 19.9. The molecule has 0 bridgehead atoms. The van der Waals surface area contributed by atoms with Gasteiger partial charge in [-0.15, -0.1) is 0 Å². The molecule has 0 radical (unpaired) electrons. The van der Waals surface area contributed by atoms with Crippen molar-refractivity contribution >= 4 is 27.5 Å². The zero-order chi connectivity index (χ0) is 20.8. The highest BCUT2D eigenvalue weighted by atomic mass is 79.9. The van der Waals surface area contributed by atoms with Gasteiger partial charge in [-0.1, -0.05) is 0 Å². The molecule has 11 heteroatoms. The minimum absolute atomic E-state index is 0.0209. The van der Waals surface area contributed by atoms with Crippen molar-refractivity contribution in [2.24, 2.45) is 0 Å². The largest absolute Gasteiger partial charge is 0.463 e. The van der Waals surface area contributed by atoms with Gasteiger partial charge in [0.2, 0.25) is 5.91 Å². The van der Waals surface area contributed by atoms with E-state index in [1.54, 1.807) is 11.0 Å². The molecule has 3 aromatic rings. The number of piperazine rings is 1. The van der Waals surface area contributed by atoms with E-state index < -0.39 is 11.9 Å². The van der Waals surface area contributed by atoms with Crippen molar-refractivity contribution in [2.45, 2.75) is 12.6 Å². The van der Waals surface area contributed by atoms with E-state index in [9.17, 15) is 18.0 Å². The second-order valence-corrected chi connectivity index (χ2v) is 7.65. The van der Waals surface area contributed by atoms with Crippen molar-refractivity contribution in [3.8, 4) is 11.5 Å². The summed E-state index contributed by atoms with van der Waals surface area (Å²) in [7, 11) is 1.97. The molecule has 0 N–H and O–H groups in total. The van der Waals surface area contributed by atoms with Gasteiger partial charge in [-0.05, 0) is 41.2 Å². The fraction of sp³-hybridized carbons (Fsp3) is 0.389. The number of likely N-dealkylation sites (N-methyl/N-ethyl adjacent to an activating group) is 1. The first-order valence-electron chi connectivity index (χ1n) is 8.89. The van der Waals surface area contributed by atoms with Crippen LogP contribution in [0.2, 0.25) is 0 Å². The van der Waals surface area contributed by atoms with Crippen LogP contribution in [-0.2, 0) is 17.4 Å². The average Bonchev–Trinajstić information content (AvgIpc) is 3.30. The zero-order valence-corrected chi connectivity index (χ0v) is 17.0. The van der Waals surface area contributed by atoms with Gasteiger partial charge in [0.1, 0.15) is 5.69 Å². The van der Waals surface area contributed by atoms with Crippen molar-refractivity contribution in [2.75, 3.05) is 33.2 Å². The van der Waals surface area contributed by atoms with Crippen molar-refractivity contribution in [1.82, 2.24) is 24.4 Å². The maximum atomic E-state index is 13.7. The maximum Gasteiger partial charge on any atom is 0.433 e. The summed E-state index contributed by atoms with van der Waals surface area (Å²) < 4.78 is 47.2. The molecule has 1 amide bonds. The molecule has 0 spiro atoms. The van der Waals surface area contributed by atoms with Crippen LogP contribution in [-0.4, -0.2) is 63.5 Å². The summed E-state index contributed by atoms with van der Waals surface area (Å²) in [5, 5.41) is 4.05. The lowest BCUT2D eigenvalue weighted by atomic mass is 10.2. The number of carbonyl (C=O) groups excluding carboxylic acids is 1. The molecule has 0 atom stereocenters. The predicted molar refractivity (Wildman–Crippen MR) is 101 cm³/mol. The number of nitrogens with zero attached hydrogens (tertiary/aromatic N) is 5. The van der Waals surface area contributed by atoms with Crippen molar-refractivity contribution in [3.05, 3.63) is 40.3 Å². The van der Waals surface area contributed by atoms with Crippen LogP contribution in [0.3, 0.4) is 0 Å². The Balaban J connectivity index is 1.73. The monoisotopic (exact) mass is 471 g/mol. The standard InChI is InChI=1S/C18H17BrF3N5O2/c1-25-4-6-26(7-5-25)15(28)10-12-16(19)17-23-11(13-3-2-8-29-13)9-14(18(20,21)22)27(17)24-12/h2-3,8-9H,4-7,10H2,1H3. The summed E-state index contributed by atoms with van der Waals surface area (Å²) >= 11 is 3.29. The van der Waals surface area contributed by atoms with Crippen LogP contribution in [0.15, 0.2) is 33.4 Å². The van der Waals surface area contributed by atoms with E-state index in [0.717, 1.165) is 23.7 Å². The molecule has 3 aromatic heterocycles. The van der Waals surface area contributed by atoms with Crippen LogP contribution in [0.1, 0.15) is 11.4 Å². The summed E-state index contributed by atoms with van der Waals surface area (Å²) in [5.74, 6) is 0.0307. The summed E-state index contributed by atoms with van der Waals surface area (Å²) in [6.07, 6.45) is -3.41. The van der Waals surface area contributed by atoms with E-state index in [4.69, 9.17) is 4.42 Å². The molecule has 4 rings (SSSR count). The van der Waals surface area contributed by atoms with E-state index in [2.05, 4.69) is 30.9 Å². The third-order valence-corrected chi connectivity index (χ3v) is 5.65. The Hall–Kier alpha value is -2.40. The van der Waals surface area contributed by atoms with Gasteiger partial charge in [-0.25, -0.2) is 9.50 Å².